The summed E-state index contributed by atoms with van der Waals surface area (Å²) in [5.74, 6) is -0.0579. The fraction of sp³-hybridized carbons (Fsp3) is 0.500. The summed E-state index contributed by atoms with van der Waals surface area (Å²) >= 11 is 17.5. The highest BCUT2D eigenvalue weighted by atomic mass is 35.6. The van der Waals surface area contributed by atoms with Crippen molar-refractivity contribution in [1.29, 1.82) is 0 Å². The van der Waals surface area contributed by atoms with Crippen molar-refractivity contribution in [3.63, 3.8) is 0 Å². The van der Waals surface area contributed by atoms with E-state index in [1.807, 2.05) is 6.92 Å². The van der Waals surface area contributed by atoms with Crippen LogP contribution in [0.25, 0.3) is 0 Å². The Hall–Kier alpha value is -1.24. The van der Waals surface area contributed by atoms with Crippen LogP contribution in [0.1, 0.15) is 32.6 Å². The first kappa shape index (κ1) is 19.8. The topological polar surface area (TPSA) is 81.5 Å². The predicted octanol–water partition coefficient (Wildman–Crippen LogP) is 4.37. The molecule has 6 nitrogen and oxygen atoms in total. The second kappa shape index (κ2) is 9.15. The van der Waals surface area contributed by atoms with Crippen LogP contribution in [0, 0.1) is 10.1 Å². The van der Waals surface area contributed by atoms with Gasteiger partial charge in [-0.1, -0.05) is 54.6 Å². The molecule has 0 spiro atoms. The van der Waals surface area contributed by atoms with E-state index in [2.05, 4.69) is 5.32 Å². The van der Waals surface area contributed by atoms with Crippen molar-refractivity contribution in [2.45, 2.75) is 42.6 Å². The second-order valence-corrected chi connectivity index (χ2v) is 7.18. The molecule has 0 heterocycles. The molecule has 0 aliphatic heterocycles. The van der Waals surface area contributed by atoms with Crippen LogP contribution in [0.15, 0.2) is 24.3 Å². The van der Waals surface area contributed by atoms with Crippen LogP contribution in [-0.4, -0.2) is 20.9 Å². The molecule has 0 aromatic heterocycles. The summed E-state index contributed by atoms with van der Waals surface area (Å²) < 4.78 is 3.55. The van der Waals surface area contributed by atoms with Crippen LogP contribution in [0.4, 0.5) is 5.69 Å². The Morgan fingerprint density at radius 2 is 1.91 bits per heavy atom. The zero-order chi connectivity index (χ0) is 17.5. The summed E-state index contributed by atoms with van der Waals surface area (Å²) in [7, 11) is 0. The van der Waals surface area contributed by atoms with Gasteiger partial charge in [0.1, 0.15) is 5.75 Å². The number of nitro groups is 1. The van der Waals surface area contributed by atoms with Gasteiger partial charge in [0.25, 0.3) is 5.69 Å². The van der Waals surface area contributed by atoms with Crippen molar-refractivity contribution >= 4 is 46.4 Å². The van der Waals surface area contributed by atoms with E-state index < -0.39 is 14.9 Å². The van der Waals surface area contributed by atoms with E-state index in [0.717, 1.165) is 19.3 Å². The molecule has 128 valence electrons. The zero-order valence-electron chi connectivity index (χ0n) is 12.4. The highest BCUT2D eigenvalue weighted by Gasteiger charge is 2.36. The van der Waals surface area contributed by atoms with Crippen LogP contribution in [0.2, 0.25) is 0 Å². The first-order chi connectivity index (χ1) is 10.7. The number of halogens is 3. The van der Waals surface area contributed by atoms with Crippen LogP contribution in [0.5, 0.6) is 5.75 Å². The van der Waals surface area contributed by atoms with E-state index in [9.17, 15) is 14.9 Å². The molecule has 1 aromatic carbocycles. The summed E-state index contributed by atoms with van der Waals surface area (Å²) in [5, 5.41) is 13.1. The van der Waals surface area contributed by atoms with Gasteiger partial charge >= 0.3 is 0 Å². The van der Waals surface area contributed by atoms with Gasteiger partial charge in [-0.05, 0) is 18.6 Å². The SMILES string of the molecule is CCCCCC(=O)NC(Oc1ccc([N+](=O)[O-])cc1)C(Cl)(Cl)Cl. The number of benzene rings is 1. The van der Waals surface area contributed by atoms with Gasteiger partial charge < -0.3 is 10.1 Å². The van der Waals surface area contributed by atoms with Gasteiger partial charge in [0.2, 0.25) is 15.9 Å². The first-order valence-electron chi connectivity index (χ1n) is 7.01. The lowest BCUT2D eigenvalue weighted by Crippen LogP contribution is -2.47. The van der Waals surface area contributed by atoms with Gasteiger partial charge in [0.15, 0.2) is 0 Å². The van der Waals surface area contributed by atoms with Crippen molar-refractivity contribution in [2.75, 3.05) is 0 Å². The fourth-order valence-corrected chi connectivity index (χ4v) is 2.01. The molecule has 1 atom stereocenters. The van der Waals surface area contributed by atoms with Crippen LogP contribution < -0.4 is 10.1 Å². The van der Waals surface area contributed by atoms with Gasteiger partial charge in [-0.3, -0.25) is 14.9 Å². The first-order valence-corrected chi connectivity index (χ1v) is 8.14. The molecular formula is C14H17Cl3N2O4. The molecule has 0 bridgehead atoms. The molecule has 1 unspecified atom stereocenters. The summed E-state index contributed by atoms with van der Waals surface area (Å²) in [6.45, 7) is 2.03. The molecule has 0 radical (unpaired) electrons. The third kappa shape index (κ3) is 7.24. The third-order valence-electron chi connectivity index (χ3n) is 2.90. The number of nitrogens with zero attached hydrogens (tertiary/aromatic N) is 1. The van der Waals surface area contributed by atoms with Crippen LogP contribution in [0.3, 0.4) is 0 Å². The van der Waals surface area contributed by atoms with E-state index in [0.29, 0.717) is 6.42 Å². The van der Waals surface area contributed by atoms with Crippen molar-refractivity contribution in [2.24, 2.45) is 0 Å². The van der Waals surface area contributed by atoms with Crippen molar-refractivity contribution in [3.8, 4) is 5.75 Å². The Morgan fingerprint density at radius 1 is 1.30 bits per heavy atom. The molecule has 1 rings (SSSR count). The highest BCUT2D eigenvalue weighted by molar-refractivity contribution is 6.68. The fourth-order valence-electron chi connectivity index (χ4n) is 1.71. The number of carbonyl (C=O) groups is 1. The average Bonchev–Trinajstić information content (AvgIpc) is 2.46. The molecule has 1 aromatic rings. The Morgan fingerprint density at radius 3 is 2.39 bits per heavy atom. The van der Waals surface area contributed by atoms with E-state index >= 15 is 0 Å². The lowest BCUT2D eigenvalue weighted by Gasteiger charge is -2.26. The van der Waals surface area contributed by atoms with Crippen molar-refractivity contribution in [1.82, 2.24) is 5.32 Å². The van der Waals surface area contributed by atoms with Gasteiger partial charge in [-0.2, -0.15) is 0 Å². The maximum atomic E-state index is 11.9. The maximum absolute atomic E-state index is 11.9. The summed E-state index contributed by atoms with van der Waals surface area (Å²) in [6, 6.07) is 5.25. The van der Waals surface area contributed by atoms with Crippen molar-refractivity contribution < 1.29 is 14.5 Å². The summed E-state index contributed by atoms with van der Waals surface area (Å²) in [4.78, 5) is 21.9. The maximum Gasteiger partial charge on any atom is 0.269 e. The molecule has 1 N–H and O–H groups in total. The number of hydrogen-bond acceptors (Lipinski definition) is 4. The van der Waals surface area contributed by atoms with Crippen LogP contribution in [-0.2, 0) is 4.79 Å². The number of amides is 1. The zero-order valence-corrected chi connectivity index (χ0v) is 14.7. The molecule has 0 fully saturated rings. The number of non-ortho nitro benzene ring substituents is 1. The molecule has 0 aliphatic rings. The lowest BCUT2D eigenvalue weighted by molar-refractivity contribution is -0.384. The summed E-state index contributed by atoms with van der Waals surface area (Å²) in [5.41, 5.74) is -0.0913. The quantitative estimate of drug-likeness (QED) is 0.238. The van der Waals surface area contributed by atoms with E-state index in [1.54, 1.807) is 0 Å². The Bertz CT molecular complexity index is 532. The number of rotatable bonds is 8. The minimum Gasteiger partial charge on any atom is -0.466 e. The second-order valence-electron chi connectivity index (χ2n) is 4.82. The lowest BCUT2D eigenvalue weighted by atomic mass is 10.2. The number of carbonyl (C=O) groups excluding carboxylic acids is 1. The normalized spacial score (nSPS) is 12.5. The Balaban J connectivity index is 2.71. The Labute approximate surface area is 149 Å². The third-order valence-corrected chi connectivity index (χ3v) is 3.49. The number of nitrogens with one attached hydrogen (secondary N) is 1. The van der Waals surface area contributed by atoms with E-state index in [-0.39, 0.29) is 17.3 Å². The predicted molar refractivity (Wildman–Crippen MR) is 90.1 cm³/mol. The molecule has 0 saturated carbocycles. The van der Waals surface area contributed by atoms with Crippen LogP contribution >= 0.6 is 34.8 Å². The molecule has 23 heavy (non-hydrogen) atoms. The smallest absolute Gasteiger partial charge is 0.269 e. The largest absolute Gasteiger partial charge is 0.466 e. The number of nitro benzene ring substituents is 1. The highest BCUT2D eigenvalue weighted by Crippen LogP contribution is 2.32. The number of alkyl halides is 3. The monoisotopic (exact) mass is 382 g/mol. The molecule has 0 aliphatic carbocycles. The minimum absolute atomic E-state index is 0.0913. The molecule has 9 heteroatoms. The molecule has 1 amide bonds. The average molecular weight is 384 g/mol. The number of ether oxygens (including phenoxy) is 1. The number of unbranched alkanes of at least 4 members (excludes halogenated alkanes) is 2. The van der Waals surface area contributed by atoms with Gasteiger partial charge in [-0.15, -0.1) is 0 Å². The molecule has 0 saturated heterocycles. The molecular weight excluding hydrogens is 367 g/mol. The standard InChI is InChI=1S/C14H17Cl3N2O4/c1-2-3-4-5-12(20)18-13(14(15,16)17)23-11-8-6-10(7-9-11)19(21)22/h6-9,13H,2-5H2,1H3,(H,18,20). The number of hydrogen-bond donors (Lipinski definition) is 1. The van der Waals surface area contributed by atoms with Gasteiger partial charge in [-0.25, -0.2) is 0 Å². The van der Waals surface area contributed by atoms with E-state index in [4.69, 9.17) is 39.5 Å². The Kier molecular flexibility index (Phi) is 7.88. The van der Waals surface area contributed by atoms with E-state index in [1.165, 1.54) is 24.3 Å². The minimum atomic E-state index is -1.89. The summed E-state index contributed by atoms with van der Waals surface area (Å²) in [6.07, 6.45) is 1.74. The van der Waals surface area contributed by atoms with Gasteiger partial charge in [0.05, 0.1) is 4.92 Å². The van der Waals surface area contributed by atoms with Crippen molar-refractivity contribution in [3.05, 3.63) is 34.4 Å². The van der Waals surface area contributed by atoms with Gasteiger partial charge in [0, 0.05) is 18.6 Å².